The molecule has 1 aliphatic rings. The van der Waals surface area contributed by atoms with Gasteiger partial charge in [0.1, 0.15) is 17.7 Å². The normalized spacial score (nSPS) is 13.8. The number of likely N-dealkylation sites (tertiary alicyclic amines) is 1. The Morgan fingerprint density at radius 1 is 1.12 bits per heavy atom. The number of anilines is 1. The van der Waals surface area contributed by atoms with Crippen LogP contribution in [0.4, 0.5) is 5.69 Å². The lowest BCUT2D eigenvalue weighted by Crippen LogP contribution is -2.18. The highest BCUT2D eigenvalue weighted by molar-refractivity contribution is 5.99. The van der Waals surface area contributed by atoms with Crippen molar-refractivity contribution in [3.05, 3.63) is 79.1 Å². The number of nitrogens with zero attached hydrogens (tertiary/aromatic N) is 3. The van der Waals surface area contributed by atoms with Gasteiger partial charge in [-0.05, 0) is 61.3 Å². The average molecular weight is 440 g/mol. The van der Waals surface area contributed by atoms with Gasteiger partial charge in [-0.3, -0.25) is 9.69 Å². The Morgan fingerprint density at radius 2 is 1.94 bits per heavy atom. The lowest BCUT2D eigenvalue weighted by atomic mass is 10.1. The summed E-state index contributed by atoms with van der Waals surface area (Å²) >= 11 is 0. The number of ether oxygens (including phenoxy) is 1. The molecule has 2 N–H and O–H groups in total. The number of H-pyrrole nitrogens is 1. The van der Waals surface area contributed by atoms with E-state index in [0.717, 1.165) is 23.2 Å². The van der Waals surface area contributed by atoms with Gasteiger partial charge in [0.15, 0.2) is 0 Å². The van der Waals surface area contributed by atoms with Crippen molar-refractivity contribution in [2.45, 2.75) is 19.4 Å². The minimum absolute atomic E-state index is 0.279. The molecule has 0 atom stereocenters. The molecule has 33 heavy (non-hydrogen) atoms. The van der Waals surface area contributed by atoms with Crippen LogP contribution in [0.25, 0.3) is 22.3 Å². The Bertz CT molecular complexity index is 1290. The molecule has 7 heteroatoms. The van der Waals surface area contributed by atoms with Gasteiger partial charge in [-0.25, -0.2) is 9.97 Å². The predicted octanol–water partition coefficient (Wildman–Crippen LogP) is 5.14. The number of nitrogens with one attached hydrogen (secondary N) is 2. The number of fused-ring (bicyclic) bond motifs is 1. The van der Waals surface area contributed by atoms with Gasteiger partial charge in [-0.2, -0.15) is 0 Å². The first-order valence-electron chi connectivity index (χ1n) is 11.0. The summed E-state index contributed by atoms with van der Waals surface area (Å²) in [6, 6.07) is 17.8. The number of rotatable bonds is 7. The largest absolute Gasteiger partial charge is 0.438 e. The first-order valence-corrected chi connectivity index (χ1v) is 11.0. The fourth-order valence-electron chi connectivity index (χ4n) is 4.08. The monoisotopic (exact) mass is 439 g/mol. The minimum atomic E-state index is -0.279. The molecular weight excluding hydrogens is 414 g/mol. The zero-order chi connectivity index (χ0) is 22.6. The van der Waals surface area contributed by atoms with Crippen LogP contribution in [0, 0.1) is 0 Å². The van der Waals surface area contributed by atoms with E-state index in [9.17, 15) is 4.79 Å². The molecule has 0 bridgehead atoms. The molecule has 166 valence electrons. The molecule has 5 rings (SSSR count). The summed E-state index contributed by atoms with van der Waals surface area (Å²) < 4.78 is 6.04. The van der Waals surface area contributed by atoms with E-state index in [4.69, 9.17) is 4.74 Å². The molecule has 4 aromatic rings. The van der Waals surface area contributed by atoms with Gasteiger partial charge >= 0.3 is 0 Å². The average Bonchev–Trinajstić information content (AvgIpc) is 3.50. The number of carbonyl (C=O) groups is 1. The predicted molar refractivity (Wildman–Crippen MR) is 129 cm³/mol. The van der Waals surface area contributed by atoms with Crippen molar-refractivity contribution in [2.75, 3.05) is 18.4 Å². The van der Waals surface area contributed by atoms with Crippen molar-refractivity contribution in [1.82, 2.24) is 19.9 Å². The molecule has 2 aromatic heterocycles. The number of amides is 1. The summed E-state index contributed by atoms with van der Waals surface area (Å²) in [5.74, 6) is 0.726. The highest BCUT2D eigenvalue weighted by atomic mass is 16.5. The van der Waals surface area contributed by atoms with Crippen molar-refractivity contribution in [2.24, 2.45) is 0 Å². The highest BCUT2D eigenvalue weighted by Crippen LogP contribution is 2.31. The molecule has 1 amide bonds. The maximum Gasteiger partial charge on any atom is 0.247 e. The van der Waals surface area contributed by atoms with E-state index in [1.54, 1.807) is 18.2 Å². The van der Waals surface area contributed by atoms with Crippen LogP contribution >= 0.6 is 0 Å². The van der Waals surface area contributed by atoms with E-state index in [1.807, 2.05) is 12.1 Å². The summed E-state index contributed by atoms with van der Waals surface area (Å²) in [5, 5.41) is 3.51. The number of aromatic amines is 1. The summed E-state index contributed by atoms with van der Waals surface area (Å²) in [6.45, 7) is 6.85. The standard InChI is InChI=1S/C26H25N5O2/c1-2-24(32)29-20-6-5-7-21(14-20)33-26-22-15-23(30-25(22)27-17-28-26)19-10-8-18(9-11-19)16-31-12-3-4-13-31/h2,5-11,14-15,17H,1,3-4,12-13,16H2,(H,29,32)(H,27,28,30). The fraction of sp³-hybridized carbons (Fsp3) is 0.192. The first kappa shape index (κ1) is 20.9. The summed E-state index contributed by atoms with van der Waals surface area (Å²) in [5.41, 5.74) is 4.68. The second-order valence-corrected chi connectivity index (χ2v) is 8.13. The van der Waals surface area contributed by atoms with E-state index in [-0.39, 0.29) is 5.91 Å². The maximum absolute atomic E-state index is 11.6. The summed E-state index contributed by atoms with van der Waals surface area (Å²) in [4.78, 5) is 26.1. The van der Waals surface area contributed by atoms with E-state index < -0.39 is 0 Å². The van der Waals surface area contributed by atoms with Crippen molar-refractivity contribution < 1.29 is 9.53 Å². The van der Waals surface area contributed by atoms with Gasteiger partial charge in [0.25, 0.3) is 0 Å². The maximum atomic E-state index is 11.6. The van der Waals surface area contributed by atoms with Crippen molar-refractivity contribution >= 4 is 22.6 Å². The van der Waals surface area contributed by atoms with Crippen molar-refractivity contribution in [3.63, 3.8) is 0 Å². The highest BCUT2D eigenvalue weighted by Gasteiger charge is 2.14. The lowest BCUT2D eigenvalue weighted by molar-refractivity contribution is -0.111. The summed E-state index contributed by atoms with van der Waals surface area (Å²) in [6.07, 6.45) is 5.29. The lowest BCUT2D eigenvalue weighted by Gasteiger charge is -2.14. The Morgan fingerprint density at radius 3 is 2.73 bits per heavy atom. The molecule has 1 saturated heterocycles. The minimum Gasteiger partial charge on any atom is -0.438 e. The Balaban J connectivity index is 1.37. The molecule has 3 heterocycles. The molecular formula is C26H25N5O2. The molecule has 0 radical (unpaired) electrons. The number of benzene rings is 2. The van der Waals surface area contributed by atoms with Crippen LogP contribution in [-0.4, -0.2) is 38.8 Å². The molecule has 0 unspecified atom stereocenters. The van der Waals surface area contributed by atoms with Gasteiger partial charge in [-0.15, -0.1) is 0 Å². The Kier molecular flexibility index (Phi) is 5.87. The van der Waals surface area contributed by atoms with E-state index in [1.165, 1.54) is 43.9 Å². The van der Waals surface area contributed by atoms with Crippen LogP contribution < -0.4 is 10.1 Å². The van der Waals surface area contributed by atoms with Crippen LogP contribution in [-0.2, 0) is 11.3 Å². The number of hydrogen-bond acceptors (Lipinski definition) is 5. The molecule has 1 fully saturated rings. The quantitative estimate of drug-likeness (QED) is 0.390. The molecule has 0 spiro atoms. The summed E-state index contributed by atoms with van der Waals surface area (Å²) in [7, 11) is 0. The van der Waals surface area contributed by atoms with Gasteiger partial charge in [0, 0.05) is 24.0 Å². The van der Waals surface area contributed by atoms with E-state index >= 15 is 0 Å². The third-order valence-corrected chi connectivity index (χ3v) is 5.76. The zero-order valence-electron chi connectivity index (χ0n) is 18.3. The van der Waals surface area contributed by atoms with E-state index in [0.29, 0.717) is 23.0 Å². The molecule has 7 nitrogen and oxygen atoms in total. The fourth-order valence-corrected chi connectivity index (χ4v) is 4.08. The van der Waals surface area contributed by atoms with Crippen molar-refractivity contribution in [3.8, 4) is 22.9 Å². The number of carbonyl (C=O) groups excluding carboxylic acids is 1. The van der Waals surface area contributed by atoms with Gasteiger partial charge in [0.05, 0.1) is 5.39 Å². The number of aromatic nitrogens is 3. The number of hydrogen-bond donors (Lipinski definition) is 2. The zero-order valence-corrected chi connectivity index (χ0v) is 18.3. The van der Waals surface area contributed by atoms with Gasteiger partial charge in [-0.1, -0.05) is 36.9 Å². The van der Waals surface area contributed by atoms with Crippen LogP contribution in [0.2, 0.25) is 0 Å². The SMILES string of the molecule is C=CC(=O)Nc1cccc(Oc2ncnc3[nH]c(-c4ccc(CN5CCCC5)cc4)cc23)c1. The first-order chi connectivity index (χ1) is 16.2. The Hall–Kier alpha value is -3.97. The van der Waals surface area contributed by atoms with Crippen molar-refractivity contribution in [1.29, 1.82) is 0 Å². The van der Waals surface area contributed by atoms with Crippen LogP contribution in [0.3, 0.4) is 0 Å². The van der Waals surface area contributed by atoms with Crippen LogP contribution in [0.15, 0.2) is 73.6 Å². The molecule has 0 saturated carbocycles. The van der Waals surface area contributed by atoms with Crippen LogP contribution in [0.1, 0.15) is 18.4 Å². The second-order valence-electron chi connectivity index (χ2n) is 8.13. The van der Waals surface area contributed by atoms with Gasteiger partial charge in [0.2, 0.25) is 11.8 Å². The smallest absolute Gasteiger partial charge is 0.247 e. The third-order valence-electron chi connectivity index (χ3n) is 5.76. The molecule has 1 aliphatic heterocycles. The van der Waals surface area contributed by atoms with Gasteiger partial charge < -0.3 is 15.0 Å². The van der Waals surface area contributed by atoms with E-state index in [2.05, 4.69) is 56.0 Å². The third kappa shape index (κ3) is 4.78. The topological polar surface area (TPSA) is 83.1 Å². The van der Waals surface area contributed by atoms with Crippen LogP contribution in [0.5, 0.6) is 11.6 Å². The molecule has 0 aliphatic carbocycles. The molecule has 2 aromatic carbocycles. The second kappa shape index (κ2) is 9.26. The Labute approximate surface area is 192 Å².